The van der Waals surface area contributed by atoms with E-state index in [1.54, 1.807) is 6.08 Å². The van der Waals surface area contributed by atoms with Crippen LogP contribution in [0.2, 0.25) is 0 Å². The zero-order chi connectivity index (χ0) is 11.3. The van der Waals surface area contributed by atoms with Gasteiger partial charge >= 0.3 is 0 Å². The Bertz CT molecular complexity index is 305. The number of ketones is 1. The van der Waals surface area contributed by atoms with E-state index >= 15 is 0 Å². The summed E-state index contributed by atoms with van der Waals surface area (Å²) in [6.07, 6.45) is 12.1. The van der Waals surface area contributed by atoms with Gasteiger partial charge < -0.3 is 0 Å². The number of rotatable bonds is 5. The van der Waals surface area contributed by atoms with Crippen molar-refractivity contribution < 1.29 is 4.79 Å². The van der Waals surface area contributed by atoms with Crippen LogP contribution in [0.25, 0.3) is 0 Å². The molecular formula is C14H20O. The molecule has 1 heteroatoms. The van der Waals surface area contributed by atoms with Crippen molar-refractivity contribution in [2.24, 2.45) is 5.41 Å². The molecule has 0 saturated heterocycles. The molecule has 0 spiro atoms. The predicted molar refractivity (Wildman–Crippen MR) is 64.7 cm³/mol. The molecule has 1 aliphatic carbocycles. The largest absolute Gasteiger partial charge is 0.294 e. The highest BCUT2D eigenvalue weighted by Crippen LogP contribution is 2.33. The van der Waals surface area contributed by atoms with Crippen LogP contribution in [0, 0.1) is 5.41 Å². The summed E-state index contributed by atoms with van der Waals surface area (Å²) in [7, 11) is 0. The number of hydrogen-bond donors (Lipinski definition) is 0. The second kappa shape index (κ2) is 5.11. The van der Waals surface area contributed by atoms with Crippen LogP contribution in [-0.4, -0.2) is 5.78 Å². The topological polar surface area (TPSA) is 17.1 Å². The van der Waals surface area contributed by atoms with Gasteiger partial charge in [-0.1, -0.05) is 32.1 Å². The van der Waals surface area contributed by atoms with E-state index in [1.165, 1.54) is 5.57 Å². The van der Waals surface area contributed by atoms with Gasteiger partial charge in [-0.15, -0.1) is 6.58 Å². The summed E-state index contributed by atoms with van der Waals surface area (Å²) in [6.45, 7) is 7.69. The predicted octanol–water partition coefficient (Wildman–Crippen LogP) is 3.82. The minimum absolute atomic E-state index is 0.180. The van der Waals surface area contributed by atoms with E-state index in [0.717, 1.165) is 25.7 Å². The molecule has 82 valence electrons. The number of hydrogen-bond acceptors (Lipinski definition) is 1. The molecule has 0 saturated carbocycles. The van der Waals surface area contributed by atoms with Crippen LogP contribution in [0.15, 0.2) is 36.5 Å². The quantitative estimate of drug-likeness (QED) is 0.491. The van der Waals surface area contributed by atoms with Gasteiger partial charge in [0, 0.05) is 5.41 Å². The van der Waals surface area contributed by atoms with Gasteiger partial charge in [0.1, 0.15) is 0 Å². The normalized spacial score (nSPS) is 19.6. The van der Waals surface area contributed by atoms with Gasteiger partial charge in [0.15, 0.2) is 5.78 Å². The average molecular weight is 204 g/mol. The first-order valence-corrected chi connectivity index (χ1v) is 5.59. The lowest BCUT2D eigenvalue weighted by Crippen LogP contribution is -2.16. The standard InChI is InChI=1S/C14H20O/c1-4-5-6-7-8-9-12-10-13(15)14(2,3)11-12/h4,8-10H,1,5-7,11H2,2-3H3/b9-8+. The minimum Gasteiger partial charge on any atom is -0.294 e. The molecule has 0 amide bonds. The molecule has 1 nitrogen and oxygen atoms in total. The molecule has 0 heterocycles. The summed E-state index contributed by atoms with van der Waals surface area (Å²) in [4.78, 5) is 11.5. The third kappa shape index (κ3) is 3.50. The van der Waals surface area contributed by atoms with Crippen LogP contribution >= 0.6 is 0 Å². The number of allylic oxidation sites excluding steroid dienone is 5. The Labute approximate surface area is 92.6 Å². The van der Waals surface area contributed by atoms with Crippen molar-refractivity contribution in [3.05, 3.63) is 36.5 Å². The first-order valence-electron chi connectivity index (χ1n) is 5.59. The molecule has 0 atom stereocenters. The molecule has 1 rings (SSSR count). The van der Waals surface area contributed by atoms with Crippen molar-refractivity contribution in [2.75, 3.05) is 0 Å². The third-order valence-electron chi connectivity index (χ3n) is 2.74. The lowest BCUT2D eigenvalue weighted by atomic mass is 9.88. The first-order chi connectivity index (χ1) is 7.06. The van der Waals surface area contributed by atoms with E-state index in [2.05, 4.69) is 18.7 Å². The van der Waals surface area contributed by atoms with Crippen molar-refractivity contribution in [2.45, 2.75) is 39.5 Å². The van der Waals surface area contributed by atoms with E-state index in [1.807, 2.05) is 19.9 Å². The molecule has 0 aromatic carbocycles. The maximum Gasteiger partial charge on any atom is 0.161 e. The summed E-state index contributed by atoms with van der Waals surface area (Å²) >= 11 is 0. The summed E-state index contributed by atoms with van der Waals surface area (Å²) in [5.74, 6) is 0.258. The van der Waals surface area contributed by atoms with Crippen molar-refractivity contribution in [1.29, 1.82) is 0 Å². The molecule has 0 bridgehead atoms. The van der Waals surface area contributed by atoms with Gasteiger partial charge in [0.2, 0.25) is 0 Å². The van der Waals surface area contributed by atoms with Crippen LogP contribution < -0.4 is 0 Å². The summed E-state index contributed by atoms with van der Waals surface area (Å²) in [5, 5.41) is 0. The molecule has 0 unspecified atom stereocenters. The smallest absolute Gasteiger partial charge is 0.161 e. The molecule has 0 fully saturated rings. The average Bonchev–Trinajstić information content (AvgIpc) is 2.40. The zero-order valence-electron chi connectivity index (χ0n) is 9.75. The number of carbonyl (C=O) groups is 1. The Balaban J connectivity index is 2.38. The van der Waals surface area contributed by atoms with Gasteiger partial charge in [-0.25, -0.2) is 0 Å². The molecule has 1 aliphatic rings. The molecular weight excluding hydrogens is 184 g/mol. The molecule has 15 heavy (non-hydrogen) atoms. The SMILES string of the molecule is C=CCCC/C=C/C1=CC(=O)C(C)(C)C1. The maximum atomic E-state index is 11.5. The molecule has 0 aromatic heterocycles. The first kappa shape index (κ1) is 12.0. The highest BCUT2D eigenvalue weighted by molar-refractivity contribution is 5.98. The van der Waals surface area contributed by atoms with Gasteiger partial charge in [-0.3, -0.25) is 4.79 Å². The Kier molecular flexibility index (Phi) is 4.07. The second-order valence-electron chi connectivity index (χ2n) is 4.77. The number of unbranched alkanes of at least 4 members (excludes halogenated alkanes) is 2. The van der Waals surface area contributed by atoms with Gasteiger partial charge in [-0.05, 0) is 37.3 Å². The lowest BCUT2D eigenvalue weighted by molar-refractivity contribution is -0.121. The van der Waals surface area contributed by atoms with E-state index < -0.39 is 0 Å². The van der Waals surface area contributed by atoms with Crippen LogP contribution in [0.4, 0.5) is 0 Å². The van der Waals surface area contributed by atoms with Gasteiger partial charge in [0.05, 0.1) is 0 Å². The van der Waals surface area contributed by atoms with E-state index in [4.69, 9.17) is 0 Å². The summed E-state index contributed by atoms with van der Waals surface area (Å²) in [5.41, 5.74) is 0.990. The highest BCUT2D eigenvalue weighted by Gasteiger charge is 2.31. The minimum atomic E-state index is -0.180. The monoisotopic (exact) mass is 204 g/mol. The van der Waals surface area contributed by atoms with Crippen molar-refractivity contribution in [1.82, 2.24) is 0 Å². The van der Waals surface area contributed by atoms with Crippen molar-refractivity contribution >= 4 is 5.78 Å². The fourth-order valence-corrected chi connectivity index (χ4v) is 1.73. The van der Waals surface area contributed by atoms with Crippen molar-refractivity contribution in [3.8, 4) is 0 Å². The van der Waals surface area contributed by atoms with Gasteiger partial charge in [-0.2, -0.15) is 0 Å². The fourth-order valence-electron chi connectivity index (χ4n) is 1.73. The van der Waals surface area contributed by atoms with Crippen LogP contribution in [0.5, 0.6) is 0 Å². The summed E-state index contributed by atoms with van der Waals surface area (Å²) in [6, 6.07) is 0. The Morgan fingerprint density at radius 3 is 2.73 bits per heavy atom. The van der Waals surface area contributed by atoms with Crippen LogP contribution in [0.1, 0.15) is 39.5 Å². The Morgan fingerprint density at radius 1 is 1.47 bits per heavy atom. The Hall–Kier alpha value is -1.11. The van der Waals surface area contributed by atoms with Gasteiger partial charge in [0.25, 0.3) is 0 Å². The van der Waals surface area contributed by atoms with E-state index in [9.17, 15) is 4.79 Å². The maximum absolute atomic E-state index is 11.5. The summed E-state index contributed by atoms with van der Waals surface area (Å²) < 4.78 is 0. The molecule has 0 aromatic rings. The highest BCUT2D eigenvalue weighted by atomic mass is 16.1. The van der Waals surface area contributed by atoms with E-state index in [-0.39, 0.29) is 11.2 Å². The zero-order valence-corrected chi connectivity index (χ0v) is 9.75. The Morgan fingerprint density at radius 2 is 2.20 bits per heavy atom. The third-order valence-corrected chi connectivity index (χ3v) is 2.74. The molecule has 0 radical (unpaired) electrons. The van der Waals surface area contributed by atoms with Crippen molar-refractivity contribution in [3.63, 3.8) is 0 Å². The van der Waals surface area contributed by atoms with Crippen LogP contribution in [-0.2, 0) is 4.79 Å². The number of carbonyl (C=O) groups excluding carboxylic acids is 1. The molecule has 0 aliphatic heterocycles. The lowest BCUT2D eigenvalue weighted by Gasteiger charge is -2.13. The van der Waals surface area contributed by atoms with E-state index in [0.29, 0.717) is 0 Å². The fraction of sp³-hybridized carbons (Fsp3) is 0.500. The second-order valence-corrected chi connectivity index (χ2v) is 4.77. The van der Waals surface area contributed by atoms with Crippen LogP contribution in [0.3, 0.4) is 0 Å². The molecule has 0 N–H and O–H groups in total.